The minimum atomic E-state index is -0.880. The Labute approximate surface area is 95.3 Å². The molecule has 1 rings (SSSR count). The van der Waals surface area contributed by atoms with E-state index in [0.29, 0.717) is 13.0 Å². The number of alkyl carbamates (subject to hydrolysis) is 1. The number of halogens is 2. The summed E-state index contributed by atoms with van der Waals surface area (Å²) in [5.74, 6) is 0. The molecular formula is C9H18ClFN2O2. The van der Waals surface area contributed by atoms with Crippen molar-refractivity contribution >= 4 is 18.5 Å². The zero-order valence-corrected chi connectivity index (χ0v) is 9.99. The Morgan fingerprint density at radius 1 is 1.53 bits per heavy atom. The second kappa shape index (κ2) is 5.51. The molecule has 4 nitrogen and oxygen atoms in total. The fourth-order valence-electron chi connectivity index (χ4n) is 1.25. The number of amides is 1. The number of ether oxygens (including phenoxy) is 1. The van der Waals surface area contributed by atoms with Crippen molar-refractivity contribution in [3.63, 3.8) is 0 Å². The molecule has 1 saturated heterocycles. The normalized spacial score (nSPS) is 25.6. The standard InChI is InChI=1S/C9H17FN2O2.ClH/c1-9(2,3)14-8(13)12-7-4-6(10)5-11-7;/h6-7,11H,4-5H2,1-3H3,(H,12,13);1H/t6-,7-;/m1./s1. The quantitative estimate of drug-likeness (QED) is 0.732. The molecule has 0 aromatic carbocycles. The molecule has 1 aliphatic rings. The lowest BCUT2D eigenvalue weighted by Gasteiger charge is -2.21. The Morgan fingerprint density at radius 3 is 2.53 bits per heavy atom. The minimum absolute atomic E-state index is 0. The average Bonchev–Trinajstić information content (AvgIpc) is 2.30. The maximum Gasteiger partial charge on any atom is 0.408 e. The van der Waals surface area contributed by atoms with Crippen LogP contribution in [-0.4, -0.2) is 30.6 Å². The number of hydrogen-bond acceptors (Lipinski definition) is 3. The Bertz CT molecular complexity index is 221. The lowest BCUT2D eigenvalue weighted by molar-refractivity contribution is 0.0499. The van der Waals surface area contributed by atoms with E-state index < -0.39 is 17.9 Å². The summed E-state index contributed by atoms with van der Waals surface area (Å²) < 4.78 is 17.7. The van der Waals surface area contributed by atoms with Crippen LogP contribution in [-0.2, 0) is 4.74 Å². The highest BCUT2D eigenvalue weighted by molar-refractivity contribution is 5.85. The molecule has 1 fully saturated rings. The van der Waals surface area contributed by atoms with Crippen LogP contribution in [0.5, 0.6) is 0 Å². The highest BCUT2D eigenvalue weighted by Crippen LogP contribution is 2.10. The van der Waals surface area contributed by atoms with Crippen molar-refractivity contribution in [1.82, 2.24) is 10.6 Å². The zero-order valence-electron chi connectivity index (χ0n) is 9.17. The summed E-state index contributed by atoms with van der Waals surface area (Å²) in [5, 5.41) is 5.39. The number of hydrogen-bond donors (Lipinski definition) is 2. The number of nitrogens with one attached hydrogen (secondary N) is 2. The summed E-state index contributed by atoms with van der Waals surface area (Å²) in [6.45, 7) is 5.65. The minimum Gasteiger partial charge on any atom is -0.444 e. The van der Waals surface area contributed by atoms with E-state index in [1.165, 1.54) is 0 Å². The average molecular weight is 241 g/mol. The molecule has 1 aliphatic heterocycles. The fraction of sp³-hybridized carbons (Fsp3) is 0.889. The van der Waals surface area contributed by atoms with Gasteiger partial charge in [0.15, 0.2) is 0 Å². The first-order chi connectivity index (χ1) is 6.37. The molecule has 6 heteroatoms. The summed E-state index contributed by atoms with van der Waals surface area (Å²) in [6.07, 6.45) is -1.39. The largest absolute Gasteiger partial charge is 0.444 e. The van der Waals surface area contributed by atoms with Crippen LogP contribution in [0.2, 0.25) is 0 Å². The van der Waals surface area contributed by atoms with E-state index in [1.807, 2.05) is 0 Å². The summed E-state index contributed by atoms with van der Waals surface area (Å²) >= 11 is 0. The van der Waals surface area contributed by atoms with Gasteiger partial charge in [0.25, 0.3) is 0 Å². The van der Waals surface area contributed by atoms with Gasteiger partial charge in [-0.15, -0.1) is 12.4 Å². The van der Waals surface area contributed by atoms with E-state index >= 15 is 0 Å². The molecule has 0 saturated carbocycles. The van der Waals surface area contributed by atoms with Crippen LogP contribution in [0.25, 0.3) is 0 Å². The van der Waals surface area contributed by atoms with E-state index in [2.05, 4.69) is 10.6 Å². The Balaban J connectivity index is 0.00000196. The van der Waals surface area contributed by atoms with Crippen LogP contribution >= 0.6 is 12.4 Å². The van der Waals surface area contributed by atoms with Crippen LogP contribution < -0.4 is 10.6 Å². The molecule has 0 radical (unpaired) electrons. The number of rotatable bonds is 1. The first-order valence-electron chi connectivity index (χ1n) is 4.74. The van der Waals surface area contributed by atoms with Gasteiger partial charge in [-0.1, -0.05) is 0 Å². The van der Waals surface area contributed by atoms with Crippen LogP contribution in [0.15, 0.2) is 0 Å². The predicted octanol–water partition coefficient (Wildman–Crippen LogP) is 1.59. The maximum absolute atomic E-state index is 12.7. The fourth-order valence-corrected chi connectivity index (χ4v) is 1.25. The van der Waals surface area contributed by atoms with E-state index in [9.17, 15) is 9.18 Å². The van der Waals surface area contributed by atoms with Crippen molar-refractivity contribution in [3.8, 4) is 0 Å². The van der Waals surface area contributed by atoms with Gasteiger partial charge in [-0.25, -0.2) is 9.18 Å². The van der Waals surface area contributed by atoms with Gasteiger partial charge in [0.05, 0.1) is 6.17 Å². The molecule has 0 aromatic rings. The van der Waals surface area contributed by atoms with Crippen LogP contribution in [0.1, 0.15) is 27.2 Å². The SMILES string of the molecule is CC(C)(C)OC(=O)N[C@@H]1C[C@@H](F)CN1.Cl. The summed E-state index contributed by atoms with van der Waals surface area (Å²) in [4.78, 5) is 11.2. The number of carbonyl (C=O) groups excluding carboxylic acids is 1. The monoisotopic (exact) mass is 240 g/mol. The molecule has 2 atom stereocenters. The van der Waals surface area contributed by atoms with Crippen LogP contribution in [0.3, 0.4) is 0 Å². The van der Waals surface area contributed by atoms with Gasteiger partial charge in [-0.2, -0.15) is 0 Å². The molecule has 0 bridgehead atoms. The van der Waals surface area contributed by atoms with Gasteiger partial charge >= 0.3 is 6.09 Å². The molecule has 0 aromatic heterocycles. The third-order valence-corrected chi connectivity index (χ3v) is 1.77. The van der Waals surface area contributed by atoms with Crippen molar-refractivity contribution < 1.29 is 13.9 Å². The zero-order chi connectivity index (χ0) is 10.8. The summed E-state index contributed by atoms with van der Waals surface area (Å²) in [5.41, 5.74) is -0.516. The number of alkyl halides is 1. The van der Waals surface area contributed by atoms with Crippen LogP contribution in [0, 0.1) is 0 Å². The van der Waals surface area contributed by atoms with Crippen molar-refractivity contribution in [2.45, 2.75) is 45.1 Å². The lowest BCUT2D eigenvalue weighted by atomic mass is 10.2. The molecule has 0 unspecified atom stereocenters. The molecular weight excluding hydrogens is 223 g/mol. The first kappa shape index (κ1) is 14.5. The molecule has 90 valence electrons. The Hall–Kier alpha value is -0.550. The first-order valence-corrected chi connectivity index (χ1v) is 4.74. The van der Waals surface area contributed by atoms with Gasteiger partial charge in [-0.05, 0) is 20.8 Å². The molecule has 15 heavy (non-hydrogen) atoms. The van der Waals surface area contributed by atoms with Crippen LogP contribution in [0.4, 0.5) is 9.18 Å². The maximum atomic E-state index is 12.7. The second-order valence-corrected chi connectivity index (χ2v) is 4.44. The predicted molar refractivity (Wildman–Crippen MR) is 57.9 cm³/mol. The van der Waals surface area contributed by atoms with E-state index in [-0.39, 0.29) is 18.6 Å². The van der Waals surface area contributed by atoms with Gasteiger partial charge < -0.3 is 10.1 Å². The van der Waals surface area contributed by atoms with Crippen molar-refractivity contribution in [3.05, 3.63) is 0 Å². The van der Waals surface area contributed by atoms with E-state index in [4.69, 9.17) is 4.74 Å². The molecule has 0 aliphatic carbocycles. The molecule has 1 heterocycles. The van der Waals surface area contributed by atoms with E-state index in [0.717, 1.165) is 0 Å². The second-order valence-electron chi connectivity index (χ2n) is 4.44. The molecule has 2 N–H and O–H groups in total. The highest BCUT2D eigenvalue weighted by Gasteiger charge is 2.26. The van der Waals surface area contributed by atoms with Crippen molar-refractivity contribution in [2.24, 2.45) is 0 Å². The molecule has 1 amide bonds. The number of carbonyl (C=O) groups is 1. The smallest absolute Gasteiger partial charge is 0.408 e. The Kier molecular flexibility index (Phi) is 5.31. The van der Waals surface area contributed by atoms with Crippen molar-refractivity contribution in [2.75, 3.05) is 6.54 Å². The summed E-state index contributed by atoms with van der Waals surface area (Å²) in [6, 6.07) is 0. The van der Waals surface area contributed by atoms with E-state index in [1.54, 1.807) is 20.8 Å². The third kappa shape index (κ3) is 5.79. The Morgan fingerprint density at radius 2 is 2.13 bits per heavy atom. The van der Waals surface area contributed by atoms with Gasteiger partial charge in [0, 0.05) is 13.0 Å². The molecule has 0 spiro atoms. The summed E-state index contributed by atoms with van der Waals surface area (Å²) in [7, 11) is 0. The van der Waals surface area contributed by atoms with Gasteiger partial charge in [0.1, 0.15) is 11.8 Å². The van der Waals surface area contributed by atoms with Gasteiger partial charge in [0.2, 0.25) is 0 Å². The lowest BCUT2D eigenvalue weighted by Crippen LogP contribution is -2.43. The topological polar surface area (TPSA) is 50.4 Å². The third-order valence-electron chi connectivity index (χ3n) is 1.77. The highest BCUT2D eigenvalue weighted by atomic mass is 35.5. The van der Waals surface area contributed by atoms with Gasteiger partial charge in [-0.3, -0.25) is 5.32 Å². The van der Waals surface area contributed by atoms with Crippen molar-refractivity contribution in [1.29, 1.82) is 0 Å².